The topological polar surface area (TPSA) is 152 Å². The Kier molecular flexibility index (Phi) is 6.75. The van der Waals surface area contributed by atoms with Crippen molar-refractivity contribution in [3.8, 4) is 0 Å². The van der Waals surface area contributed by atoms with Gasteiger partial charge in [0.05, 0.1) is 11.5 Å². The highest BCUT2D eigenvalue weighted by Crippen LogP contribution is 2.27. The van der Waals surface area contributed by atoms with Gasteiger partial charge in [-0.2, -0.15) is 16.8 Å². The van der Waals surface area contributed by atoms with Gasteiger partial charge in [0.15, 0.2) is 0 Å². The van der Waals surface area contributed by atoms with Crippen LogP contribution in [0.15, 0.2) is 35.0 Å². The van der Waals surface area contributed by atoms with Crippen LogP contribution in [-0.2, 0) is 33.5 Å². The van der Waals surface area contributed by atoms with E-state index < -0.39 is 55.5 Å². The molecule has 0 aliphatic heterocycles. The van der Waals surface area contributed by atoms with E-state index in [1.807, 2.05) is 0 Å². The molecule has 2 N–H and O–H groups in total. The lowest BCUT2D eigenvalue weighted by Gasteiger charge is -2.13. The summed E-state index contributed by atoms with van der Waals surface area (Å²) in [6.45, 7) is 0. The summed E-state index contributed by atoms with van der Waals surface area (Å²) in [5, 5.41) is 21.5. The number of thiophene rings is 2. The van der Waals surface area contributed by atoms with Crippen molar-refractivity contribution in [3.05, 3.63) is 44.8 Å². The molecule has 27 heavy (non-hydrogen) atoms. The molecule has 0 saturated carbocycles. The van der Waals surface area contributed by atoms with E-state index in [4.69, 9.17) is 0 Å². The zero-order valence-corrected chi connectivity index (χ0v) is 16.7. The van der Waals surface area contributed by atoms with Crippen LogP contribution in [0.4, 0.5) is 0 Å². The van der Waals surface area contributed by atoms with Gasteiger partial charge in [0.2, 0.25) is 0 Å². The van der Waals surface area contributed by atoms with Crippen molar-refractivity contribution >= 4 is 54.8 Å². The van der Waals surface area contributed by atoms with E-state index in [-0.39, 0.29) is 9.75 Å². The van der Waals surface area contributed by atoms with Gasteiger partial charge in [-0.15, -0.1) is 26.3 Å². The number of carboxylic acid groups (broad SMARTS) is 2. The van der Waals surface area contributed by atoms with Gasteiger partial charge >= 0.3 is 11.9 Å². The Morgan fingerprint density at radius 3 is 1.48 bits per heavy atom. The number of hydrogen-bond acceptors (Lipinski definition) is 9. The Bertz CT molecular complexity index is 907. The first-order valence-electron chi connectivity index (χ1n) is 7.19. The summed E-state index contributed by atoms with van der Waals surface area (Å²) in [4.78, 5) is 23.1. The molecular weight excluding hydrogens is 440 g/mol. The molecule has 148 valence electrons. The summed E-state index contributed by atoms with van der Waals surface area (Å²) in [5.74, 6) is -8.11. The number of hydrogen-bond donors (Lipinski definition) is 2. The van der Waals surface area contributed by atoms with E-state index in [0.717, 1.165) is 22.7 Å². The monoisotopic (exact) mass is 454 g/mol. The van der Waals surface area contributed by atoms with Crippen molar-refractivity contribution in [2.45, 2.75) is 11.8 Å². The van der Waals surface area contributed by atoms with Crippen molar-refractivity contribution in [3.63, 3.8) is 0 Å². The first kappa shape index (κ1) is 21.5. The second kappa shape index (κ2) is 8.48. The van der Waals surface area contributed by atoms with Crippen LogP contribution in [0, 0.1) is 0 Å². The largest absolute Gasteiger partial charge is 0.481 e. The van der Waals surface area contributed by atoms with Crippen molar-refractivity contribution in [2.75, 3.05) is 11.5 Å². The quantitative estimate of drug-likeness (QED) is 0.544. The maximum Gasteiger partial charge on any atom is 0.312 e. The first-order valence-corrected chi connectivity index (χ1v) is 12.1. The van der Waals surface area contributed by atoms with Crippen molar-refractivity contribution in [2.24, 2.45) is 0 Å². The number of carboxylic acids is 2. The van der Waals surface area contributed by atoms with Crippen LogP contribution < -0.4 is 0 Å². The minimum absolute atomic E-state index is 0.217. The molecule has 2 heterocycles. The molecule has 0 fully saturated rings. The number of rotatable bonds is 10. The van der Waals surface area contributed by atoms with E-state index in [1.165, 1.54) is 24.3 Å². The first-order chi connectivity index (χ1) is 12.5. The minimum atomic E-state index is -4.80. The third-order valence-electron chi connectivity index (χ3n) is 3.32. The molecule has 0 aliphatic carbocycles. The molecule has 2 atom stereocenters. The zero-order valence-electron chi connectivity index (χ0n) is 13.4. The molecule has 2 aromatic rings. The summed E-state index contributed by atoms with van der Waals surface area (Å²) < 4.78 is 52.6. The number of carbonyl (C=O) groups is 2. The standard InChI is InChI=1S/C14H14O9S4/c15-13(16)9(11-3-1-5-24-11)7-26(19,20)23-27(21,22)8-10(14(17)18)12-4-2-6-25-12/h1-6,9-10H,7-8H2,(H,15,16)(H,17,18). The van der Waals surface area contributed by atoms with Crippen molar-refractivity contribution < 1.29 is 40.3 Å². The summed E-state index contributed by atoms with van der Waals surface area (Å²) in [6.07, 6.45) is 0. The second-order valence-corrected chi connectivity index (χ2v) is 10.7. The molecule has 0 bridgehead atoms. The van der Waals surface area contributed by atoms with Crippen molar-refractivity contribution in [1.29, 1.82) is 0 Å². The summed E-state index contributed by atoms with van der Waals surface area (Å²) in [5.41, 5.74) is 0. The molecule has 0 amide bonds. The summed E-state index contributed by atoms with van der Waals surface area (Å²) in [7, 11) is -9.60. The van der Waals surface area contributed by atoms with Crippen LogP contribution in [0.3, 0.4) is 0 Å². The molecule has 13 heteroatoms. The maximum absolute atomic E-state index is 12.1. The Morgan fingerprint density at radius 1 is 0.852 bits per heavy atom. The fraction of sp³-hybridized carbons (Fsp3) is 0.286. The molecule has 0 saturated heterocycles. The summed E-state index contributed by atoms with van der Waals surface area (Å²) >= 11 is 2.01. The Hall–Kier alpha value is -1.80. The predicted molar refractivity (Wildman–Crippen MR) is 98.1 cm³/mol. The van der Waals surface area contributed by atoms with E-state index in [2.05, 4.69) is 3.63 Å². The van der Waals surface area contributed by atoms with E-state index in [9.17, 15) is 36.6 Å². The fourth-order valence-corrected chi connectivity index (χ4v) is 7.17. The lowest BCUT2D eigenvalue weighted by molar-refractivity contribution is -0.139. The zero-order chi connectivity index (χ0) is 20.2. The van der Waals surface area contributed by atoms with Gasteiger partial charge < -0.3 is 10.2 Å². The molecule has 0 spiro atoms. The SMILES string of the molecule is O=C(O)C(CS(=O)(=O)OS(=O)(=O)CC(C(=O)O)c1cccs1)c1cccs1. The average Bonchev–Trinajstić information content (AvgIpc) is 3.22. The predicted octanol–water partition coefficient (Wildman–Crippen LogP) is 1.52. The number of aliphatic carboxylic acids is 2. The fourth-order valence-electron chi connectivity index (χ4n) is 2.15. The average molecular weight is 455 g/mol. The molecule has 2 unspecified atom stereocenters. The summed E-state index contributed by atoms with van der Waals surface area (Å²) in [6, 6.07) is 5.87. The highest BCUT2D eigenvalue weighted by atomic mass is 32.3. The highest BCUT2D eigenvalue weighted by molar-refractivity contribution is 7.99. The van der Waals surface area contributed by atoms with E-state index >= 15 is 0 Å². The Balaban J connectivity index is 2.17. The third-order valence-corrected chi connectivity index (χ3v) is 8.43. The third kappa shape index (κ3) is 6.10. The molecular formula is C14H14O9S4. The highest BCUT2D eigenvalue weighted by Gasteiger charge is 2.35. The van der Waals surface area contributed by atoms with Crippen LogP contribution in [0.5, 0.6) is 0 Å². The molecule has 9 nitrogen and oxygen atoms in total. The van der Waals surface area contributed by atoms with Gasteiger partial charge in [-0.25, -0.2) is 0 Å². The van der Waals surface area contributed by atoms with Gasteiger partial charge in [-0.3, -0.25) is 9.59 Å². The lowest BCUT2D eigenvalue weighted by Crippen LogP contribution is -2.28. The van der Waals surface area contributed by atoms with E-state index in [0.29, 0.717) is 0 Å². The van der Waals surface area contributed by atoms with E-state index in [1.54, 1.807) is 10.8 Å². The van der Waals surface area contributed by atoms with Crippen LogP contribution in [0.1, 0.15) is 21.6 Å². The van der Waals surface area contributed by atoms with Gasteiger partial charge in [-0.05, 0) is 22.9 Å². The lowest BCUT2D eigenvalue weighted by atomic mass is 10.1. The molecule has 0 aromatic carbocycles. The maximum atomic E-state index is 12.1. The van der Waals surface area contributed by atoms with Gasteiger partial charge in [-0.1, -0.05) is 12.1 Å². The van der Waals surface area contributed by atoms with Crippen LogP contribution in [0.25, 0.3) is 0 Å². The normalized spacial score (nSPS) is 14.5. The smallest absolute Gasteiger partial charge is 0.312 e. The van der Waals surface area contributed by atoms with Gasteiger partial charge in [0, 0.05) is 9.75 Å². The minimum Gasteiger partial charge on any atom is -0.481 e. The molecule has 2 aromatic heterocycles. The Labute approximate surface area is 163 Å². The van der Waals surface area contributed by atoms with Gasteiger partial charge in [0.1, 0.15) is 11.8 Å². The molecule has 0 aliphatic rings. The van der Waals surface area contributed by atoms with Crippen molar-refractivity contribution in [1.82, 2.24) is 0 Å². The molecule has 2 rings (SSSR count). The molecule has 0 radical (unpaired) electrons. The van der Waals surface area contributed by atoms with Crippen LogP contribution in [-0.4, -0.2) is 50.5 Å². The van der Waals surface area contributed by atoms with Crippen LogP contribution in [0.2, 0.25) is 0 Å². The van der Waals surface area contributed by atoms with Gasteiger partial charge in [0.25, 0.3) is 20.2 Å². The Morgan fingerprint density at radius 2 is 1.22 bits per heavy atom. The van der Waals surface area contributed by atoms with Crippen LogP contribution >= 0.6 is 22.7 Å². The second-order valence-electron chi connectivity index (χ2n) is 5.33.